The first kappa shape index (κ1) is 24.1. The Bertz CT molecular complexity index is 1060. The predicted molar refractivity (Wildman–Crippen MR) is 130 cm³/mol. The molecular formula is C27H34F2N4O2. The molecule has 2 N–H and O–H groups in total. The zero-order valence-corrected chi connectivity index (χ0v) is 20.1. The van der Waals surface area contributed by atoms with Crippen molar-refractivity contribution in [2.24, 2.45) is 5.92 Å². The Balaban J connectivity index is 1.16. The van der Waals surface area contributed by atoms with Crippen LogP contribution in [-0.2, 0) is 17.6 Å². The molecule has 4 heterocycles. The number of likely N-dealkylation sites (tertiary alicyclic amines) is 1. The highest BCUT2D eigenvalue weighted by Crippen LogP contribution is 2.44. The number of hydrogen-bond donors (Lipinski definition) is 2. The van der Waals surface area contributed by atoms with Crippen LogP contribution in [0, 0.1) is 5.92 Å². The van der Waals surface area contributed by atoms with Crippen LogP contribution in [0.5, 0.6) is 0 Å². The topological polar surface area (TPSA) is 78.3 Å². The second-order valence-corrected chi connectivity index (χ2v) is 10.3. The van der Waals surface area contributed by atoms with E-state index >= 15 is 8.78 Å². The molecule has 0 bridgehead atoms. The summed E-state index contributed by atoms with van der Waals surface area (Å²) in [6.07, 6.45) is 7.76. The van der Waals surface area contributed by atoms with Gasteiger partial charge in [-0.25, -0.2) is 13.8 Å². The van der Waals surface area contributed by atoms with Gasteiger partial charge >= 0.3 is 5.97 Å². The average molecular weight is 485 g/mol. The van der Waals surface area contributed by atoms with Gasteiger partial charge in [0, 0.05) is 54.5 Å². The Morgan fingerprint density at radius 3 is 2.89 bits per heavy atom. The van der Waals surface area contributed by atoms with Crippen molar-refractivity contribution in [3.63, 3.8) is 0 Å². The van der Waals surface area contributed by atoms with Crippen molar-refractivity contribution in [1.82, 2.24) is 14.9 Å². The van der Waals surface area contributed by atoms with Crippen molar-refractivity contribution < 1.29 is 18.7 Å². The number of aromatic nitrogens is 2. The minimum Gasteiger partial charge on any atom is -0.480 e. The number of halogens is 2. The first-order valence-electron chi connectivity index (χ1n) is 12.9. The number of carbonyl (C=O) groups is 1. The maximum absolute atomic E-state index is 15.1. The molecule has 0 amide bonds. The van der Waals surface area contributed by atoms with Crippen LogP contribution in [-0.4, -0.2) is 51.5 Å². The van der Waals surface area contributed by atoms with Crippen LogP contribution in [0.4, 0.5) is 14.6 Å². The number of carboxylic acid groups (broad SMARTS) is 1. The van der Waals surface area contributed by atoms with E-state index in [1.807, 2.05) is 6.07 Å². The Labute approximate surface area is 205 Å². The van der Waals surface area contributed by atoms with Crippen LogP contribution in [0.2, 0.25) is 0 Å². The lowest BCUT2D eigenvalue weighted by Crippen LogP contribution is -2.36. The molecule has 2 fully saturated rings. The van der Waals surface area contributed by atoms with Crippen LogP contribution in [0.15, 0.2) is 30.5 Å². The summed E-state index contributed by atoms with van der Waals surface area (Å²) >= 11 is 0. The van der Waals surface area contributed by atoms with Gasteiger partial charge in [0.15, 0.2) is 0 Å². The summed E-state index contributed by atoms with van der Waals surface area (Å²) in [6.45, 7) is 1.39. The number of nitrogens with one attached hydrogen (secondary N) is 1. The Morgan fingerprint density at radius 1 is 1.23 bits per heavy atom. The van der Waals surface area contributed by atoms with Crippen LogP contribution < -0.4 is 5.32 Å². The lowest BCUT2D eigenvalue weighted by molar-refractivity contribution is -0.143. The van der Waals surface area contributed by atoms with Gasteiger partial charge in [0.2, 0.25) is 0 Å². The zero-order valence-electron chi connectivity index (χ0n) is 20.1. The molecule has 8 heteroatoms. The second kappa shape index (κ2) is 10.2. The first-order chi connectivity index (χ1) is 16.9. The van der Waals surface area contributed by atoms with Gasteiger partial charge in [-0.15, -0.1) is 0 Å². The number of hydrogen-bond acceptors (Lipinski definition) is 5. The number of unbranched alkanes of at least 4 members (excludes halogenated alkanes) is 1. The summed E-state index contributed by atoms with van der Waals surface area (Å²) in [5.41, 5.74) is 3.66. The standard InChI is InChI=1S/C27H34F2N4O2/c28-27(29,13-2-1-6-21-11-10-19-5-3-15-31-25(19)32-21)20-12-16-33(17-20)24(26(34)35)22-7-4-14-30-23(22)18-8-9-18/h4,7,10-11,14,18,20,24H,1-3,5-6,8-9,12-13,15-17H2,(H,31,32)(H,34,35). The number of alkyl halides is 2. The van der Waals surface area contributed by atoms with Crippen molar-refractivity contribution in [2.75, 3.05) is 25.0 Å². The molecule has 1 aliphatic carbocycles. The van der Waals surface area contributed by atoms with Gasteiger partial charge in [-0.2, -0.15) is 0 Å². The van der Waals surface area contributed by atoms with Crippen LogP contribution in [0.1, 0.15) is 79.4 Å². The normalized spacial score (nSPS) is 21.4. The summed E-state index contributed by atoms with van der Waals surface area (Å²) < 4.78 is 30.3. The van der Waals surface area contributed by atoms with Gasteiger partial charge < -0.3 is 10.4 Å². The summed E-state index contributed by atoms with van der Waals surface area (Å²) in [7, 11) is 0. The molecule has 0 spiro atoms. The van der Waals surface area contributed by atoms with Crippen LogP contribution in [0.3, 0.4) is 0 Å². The largest absolute Gasteiger partial charge is 0.480 e. The Morgan fingerprint density at radius 2 is 2.09 bits per heavy atom. The van der Waals surface area contributed by atoms with E-state index in [2.05, 4.69) is 21.4 Å². The number of pyridine rings is 2. The number of carboxylic acids is 1. The number of aliphatic carboxylic acids is 1. The smallest absolute Gasteiger partial charge is 0.325 e. The van der Waals surface area contributed by atoms with Gasteiger partial charge in [-0.05, 0) is 75.6 Å². The van der Waals surface area contributed by atoms with E-state index in [0.717, 1.165) is 49.4 Å². The highest BCUT2D eigenvalue weighted by Gasteiger charge is 2.46. The Hall–Kier alpha value is -2.61. The second-order valence-electron chi connectivity index (χ2n) is 10.3. The molecule has 2 unspecified atom stereocenters. The molecule has 6 nitrogen and oxygen atoms in total. The fourth-order valence-corrected chi connectivity index (χ4v) is 5.59. The molecule has 0 radical (unpaired) electrons. The number of anilines is 1. The molecule has 2 aromatic heterocycles. The molecule has 188 valence electrons. The van der Waals surface area contributed by atoms with E-state index in [9.17, 15) is 9.90 Å². The minimum atomic E-state index is -2.81. The molecule has 0 aromatic carbocycles. The van der Waals surface area contributed by atoms with E-state index in [0.29, 0.717) is 43.7 Å². The van der Waals surface area contributed by atoms with E-state index in [4.69, 9.17) is 0 Å². The number of aryl methyl sites for hydroxylation is 2. The lowest BCUT2D eigenvalue weighted by Gasteiger charge is -2.28. The maximum Gasteiger partial charge on any atom is 0.325 e. The van der Waals surface area contributed by atoms with Gasteiger partial charge in [0.25, 0.3) is 5.92 Å². The monoisotopic (exact) mass is 484 g/mol. The van der Waals surface area contributed by atoms with Crippen LogP contribution in [0.25, 0.3) is 0 Å². The summed E-state index contributed by atoms with van der Waals surface area (Å²) in [6, 6.07) is 6.74. The summed E-state index contributed by atoms with van der Waals surface area (Å²) in [5, 5.41) is 13.3. The van der Waals surface area contributed by atoms with Gasteiger partial charge in [0.05, 0.1) is 0 Å². The fourth-order valence-electron chi connectivity index (χ4n) is 5.59. The first-order valence-corrected chi connectivity index (χ1v) is 12.9. The molecule has 5 rings (SSSR count). The van der Waals surface area contributed by atoms with E-state index in [-0.39, 0.29) is 13.0 Å². The van der Waals surface area contributed by atoms with E-state index in [1.54, 1.807) is 23.2 Å². The third kappa shape index (κ3) is 5.47. The molecule has 2 aromatic rings. The molecule has 2 atom stereocenters. The number of nitrogens with zero attached hydrogens (tertiary/aromatic N) is 3. The molecule has 2 aliphatic heterocycles. The maximum atomic E-state index is 15.1. The van der Waals surface area contributed by atoms with Gasteiger partial charge in [0.1, 0.15) is 11.9 Å². The predicted octanol–water partition coefficient (Wildman–Crippen LogP) is 5.21. The zero-order chi connectivity index (χ0) is 24.4. The third-order valence-corrected chi connectivity index (χ3v) is 7.69. The summed E-state index contributed by atoms with van der Waals surface area (Å²) in [4.78, 5) is 23.0. The van der Waals surface area contributed by atoms with Gasteiger partial charge in [-0.3, -0.25) is 14.7 Å². The fraction of sp³-hybridized carbons (Fsp3) is 0.593. The highest BCUT2D eigenvalue weighted by atomic mass is 19.3. The lowest BCUT2D eigenvalue weighted by atomic mass is 9.95. The SMILES string of the molecule is O=C(O)C(c1cccnc1C1CC1)N1CCC(C(F)(F)CCCCc2ccc3c(n2)NCCC3)C1. The van der Waals surface area contributed by atoms with Crippen molar-refractivity contribution >= 4 is 11.8 Å². The Kier molecular flexibility index (Phi) is 7.00. The molecule has 35 heavy (non-hydrogen) atoms. The molecule has 1 saturated carbocycles. The van der Waals surface area contributed by atoms with E-state index < -0.39 is 23.9 Å². The van der Waals surface area contributed by atoms with E-state index in [1.165, 1.54) is 5.56 Å². The third-order valence-electron chi connectivity index (χ3n) is 7.69. The van der Waals surface area contributed by atoms with Crippen molar-refractivity contribution in [1.29, 1.82) is 0 Å². The minimum absolute atomic E-state index is 0.0982. The average Bonchev–Trinajstić information content (AvgIpc) is 3.58. The van der Waals surface area contributed by atoms with Crippen molar-refractivity contribution in [3.05, 3.63) is 53.0 Å². The highest BCUT2D eigenvalue weighted by molar-refractivity contribution is 5.76. The van der Waals surface area contributed by atoms with Crippen molar-refractivity contribution in [3.8, 4) is 0 Å². The van der Waals surface area contributed by atoms with Gasteiger partial charge in [-0.1, -0.05) is 12.1 Å². The number of rotatable bonds is 10. The number of fused-ring (bicyclic) bond motifs is 1. The quantitative estimate of drug-likeness (QED) is 0.451. The summed E-state index contributed by atoms with van der Waals surface area (Å²) in [5.74, 6) is -3.38. The van der Waals surface area contributed by atoms with Crippen molar-refractivity contribution in [2.45, 2.75) is 75.7 Å². The molecule has 3 aliphatic rings. The molecular weight excluding hydrogens is 450 g/mol. The molecule has 1 saturated heterocycles. The van der Waals surface area contributed by atoms with Crippen LogP contribution >= 0.6 is 0 Å².